The number of aliphatic hydroxyl groups excluding tert-OH is 3. The summed E-state index contributed by atoms with van der Waals surface area (Å²) in [4.78, 5) is 11.0. The van der Waals surface area contributed by atoms with Crippen molar-refractivity contribution in [2.45, 2.75) is 97.4 Å². The molecule has 12 atom stereocenters. The van der Waals surface area contributed by atoms with Crippen LogP contribution in [0.5, 0.6) is 0 Å². The molecular weight excluding hydrogens is 380 g/mol. The van der Waals surface area contributed by atoms with Crippen LogP contribution < -0.4 is 5.11 Å². The monoisotopic (exact) mass is 421 g/mol. The molecule has 30 heavy (non-hydrogen) atoms. The van der Waals surface area contributed by atoms with Gasteiger partial charge in [0.15, 0.2) is 0 Å². The lowest BCUT2D eigenvalue weighted by atomic mass is 9.41. The lowest BCUT2D eigenvalue weighted by Crippen LogP contribution is -2.64. The summed E-state index contributed by atoms with van der Waals surface area (Å²) in [5, 5.41) is 44.2. The molecule has 4 saturated carbocycles. The fourth-order valence-electron chi connectivity index (χ4n) is 9.15. The Balaban J connectivity index is 1.63. The highest BCUT2D eigenvalue weighted by Crippen LogP contribution is 2.69. The molecule has 0 radical (unpaired) electrons. The maximum Gasteiger partial charge on any atom is 0.0602 e. The van der Waals surface area contributed by atoms with Gasteiger partial charge in [-0.25, -0.2) is 0 Å². The van der Waals surface area contributed by atoms with Gasteiger partial charge in [-0.3, -0.25) is 0 Å². The molecule has 0 bridgehead atoms. The second-order valence-corrected chi connectivity index (χ2v) is 11.9. The van der Waals surface area contributed by atoms with Crippen LogP contribution in [0.1, 0.15) is 79.1 Å². The highest BCUT2D eigenvalue weighted by Gasteiger charge is 2.66. The normalized spacial score (nSPS) is 54.0. The molecule has 5 heteroatoms. The molecule has 5 nitrogen and oxygen atoms in total. The summed E-state index contributed by atoms with van der Waals surface area (Å²) in [5.41, 5.74) is -0.224. The minimum absolute atomic E-state index is 0.0458. The molecule has 0 aromatic heterocycles. The maximum absolute atomic E-state index is 11.5. The lowest BCUT2D eigenvalue weighted by molar-refractivity contribution is -0.306. The molecule has 0 heterocycles. The highest BCUT2D eigenvalue weighted by molar-refractivity contribution is 5.64. The smallest absolute Gasteiger partial charge is 0.0602 e. The first-order valence-corrected chi connectivity index (χ1v) is 12.2. The number of rotatable bonds is 4. The summed E-state index contributed by atoms with van der Waals surface area (Å²) in [5.74, 6) is 0.924. The van der Waals surface area contributed by atoms with Crippen molar-refractivity contribution in [2.75, 3.05) is 0 Å². The fourth-order valence-corrected chi connectivity index (χ4v) is 9.15. The van der Waals surface area contributed by atoms with Gasteiger partial charge >= 0.3 is 0 Å². The van der Waals surface area contributed by atoms with Crippen molar-refractivity contribution in [3.63, 3.8) is 0 Å². The highest BCUT2D eigenvalue weighted by atomic mass is 16.4. The Morgan fingerprint density at radius 1 is 1.03 bits per heavy atom. The fraction of sp³-hybridized carbons (Fsp3) is 0.960. The molecule has 1 unspecified atom stereocenters. The van der Waals surface area contributed by atoms with Crippen molar-refractivity contribution >= 4 is 5.97 Å². The Labute approximate surface area is 181 Å². The zero-order valence-corrected chi connectivity index (χ0v) is 19.1. The van der Waals surface area contributed by atoms with Crippen LogP contribution in [0.15, 0.2) is 0 Å². The molecule has 0 amide bonds. The molecule has 0 spiro atoms. The SMILES string of the molecule is CC1C[C@H](O)C[C@H]2C[C@H](O)[C@@H]3[C@H](C[C@@H](O)[C@]4(C)[C@@H]([C@H](C)CCC(=O)[O-])CC[C@@H]34)[C@@]12C. The van der Waals surface area contributed by atoms with Crippen LogP contribution in [-0.4, -0.2) is 39.6 Å². The molecule has 0 aliphatic heterocycles. The number of fused-ring (bicyclic) bond motifs is 5. The average Bonchev–Trinajstić information content (AvgIpc) is 3.01. The molecule has 4 rings (SSSR count). The second kappa shape index (κ2) is 7.74. The van der Waals surface area contributed by atoms with Gasteiger partial charge in [0.05, 0.1) is 18.3 Å². The minimum atomic E-state index is -0.999. The summed E-state index contributed by atoms with van der Waals surface area (Å²) >= 11 is 0. The van der Waals surface area contributed by atoms with E-state index >= 15 is 0 Å². The molecular formula is C25H41O5-. The molecule has 4 aliphatic rings. The van der Waals surface area contributed by atoms with Crippen LogP contribution in [-0.2, 0) is 4.79 Å². The van der Waals surface area contributed by atoms with E-state index in [9.17, 15) is 25.2 Å². The summed E-state index contributed by atoms with van der Waals surface area (Å²) in [6, 6.07) is 0. The molecule has 4 aliphatic carbocycles. The van der Waals surface area contributed by atoms with Crippen LogP contribution >= 0.6 is 0 Å². The van der Waals surface area contributed by atoms with Gasteiger partial charge in [-0.15, -0.1) is 0 Å². The Bertz CT molecular complexity index is 666. The second-order valence-electron chi connectivity index (χ2n) is 11.9. The Hall–Kier alpha value is -0.650. The number of carboxylic acid groups (broad SMARTS) is 1. The van der Waals surface area contributed by atoms with E-state index in [1.165, 1.54) is 0 Å². The molecule has 0 aromatic carbocycles. The van der Waals surface area contributed by atoms with Gasteiger partial charge in [0, 0.05) is 5.97 Å². The van der Waals surface area contributed by atoms with E-state index in [1.807, 2.05) is 0 Å². The van der Waals surface area contributed by atoms with Gasteiger partial charge in [-0.1, -0.05) is 27.7 Å². The summed E-state index contributed by atoms with van der Waals surface area (Å²) in [7, 11) is 0. The Morgan fingerprint density at radius 3 is 2.40 bits per heavy atom. The first kappa shape index (κ1) is 22.5. The van der Waals surface area contributed by atoms with Crippen molar-refractivity contribution in [1.82, 2.24) is 0 Å². The number of hydrogen-bond acceptors (Lipinski definition) is 5. The van der Waals surface area contributed by atoms with Crippen molar-refractivity contribution in [1.29, 1.82) is 0 Å². The third-order valence-electron chi connectivity index (χ3n) is 10.9. The van der Waals surface area contributed by atoms with Gasteiger partial charge in [-0.2, -0.15) is 0 Å². The van der Waals surface area contributed by atoms with E-state index in [1.54, 1.807) is 0 Å². The maximum atomic E-state index is 11.5. The predicted octanol–water partition coefficient (Wildman–Crippen LogP) is 2.36. The third-order valence-corrected chi connectivity index (χ3v) is 10.9. The van der Waals surface area contributed by atoms with Gasteiger partial charge in [0.1, 0.15) is 0 Å². The van der Waals surface area contributed by atoms with E-state index in [2.05, 4.69) is 27.7 Å². The Morgan fingerprint density at radius 2 is 1.73 bits per heavy atom. The summed E-state index contributed by atoms with van der Waals surface area (Å²) in [6.07, 6.45) is 4.63. The van der Waals surface area contributed by atoms with Gasteiger partial charge in [0.2, 0.25) is 0 Å². The molecule has 4 fully saturated rings. The number of aliphatic carboxylic acids is 1. The van der Waals surface area contributed by atoms with Gasteiger partial charge < -0.3 is 25.2 Å². The van der Waals surface area contributed by atoms with Crippen molar-refractivity contribution in [3.05, 3.63) is 0 Å². The van der Waals surface area contributed by atoms with Crippen LogP contribution in [0.3, 0.4) is 0 Å². The average molecular weight is 422 g/mol. The minimum Gasteiger partial charge on any atom is -0.550 e. The zero-order chi connectivity index (χ0) is 22.0. The zero-order valence-electron chi connectivity index (χ0n) is 19.1. The standard InChI is InChI=1S/C25H42O5/c1-13(5-8-22(29)30)17-6-7-18-23-19(12-21(28)25(17,18)4)24(3)14(2)9-16(26)10-15(24)11-20(23)27/h13-21,23,26-28H,5-12H2,1-4H3,(H,29,30)/p-1/t13-,14?,15+,16+,17-,18+,19+,20+,21-,23+,24+,25-/m1/s1. The lowest BCUT2D eigenvalue weighted by Gasteiger charge is -2.65. The van der Waals surface area contributed by atoms with Crippen LogP contribution in [0, 0.1) is 52.3 Å². The molecule has 172 valence electrons. The first-order valence-electron chi connectivity index (χ1n) is 12.2. The summed E-state index contributed by atoms with van der Waals surface area (Å²) < 4.78 is 0. The van der Waals surface area contributed by atoms with Crippen LogP contribution in [0.25, 0.3) is 0 Å². The quantitative estimate of drug-likeness (QED) is 0.647. The van der Waals surface area contributed by atoms with Crippen LogP contribution in [0.2, 0.25) is 0 Å². The number of hydrogen-bond donors (Lipinski definition) is 3. The third kappa shape index (κ3) is 3.17. The van der Waals surface area contributed by atoms with E-state index in [0.29, 0.717) is 24.7 Å². The number of carbonyl (C=O) groups excluding carboxylic acids is 1. The van der Waals surface area contributed by atoms with Gasteiger partial charge in [0.25, 0.3) is 0 Å². The first-order chi connectivity index (χ1) is 14.0. The number of aliphatic hydroxyl groups is 3. The van der Waals surface area contributed by atoms with E-state index < -0.39 is 12.1 Å². The number of carbonyl (C=O) groups is 1. The molecule has 0 aromatic rings. The molecule has 0 saturated heterocycles. The van der Waals surface area contributed by atoms with Crippen molar-refractivity contribution < 1.29 is 25.2 Å². The van der Waals surface area contributed by atoms with Crippen molar-refractivity contribution in [2.24, 2.45) is 52.3 Å². The number of carboxylic acids is 1. The van der Waals surface area contributed by atoms with E-state index in [4.69, 9.17) is 0 Å². The largest absolute Gasteiger partial charge is 0.550 e. The molecule has 3 N–H and O–H groups in total. The topological polar surface area (TPSA) is 101 Å². The summed E-state index contributed by atoms with van der Waals surface area (Å²) in [6.45, 7) is 8.95. The Kier molecular flexibility index (Phi) is 5.81. The predicted molar refractivity (Wildman–Crippen MR) is 112 cm³/mol. The van der Waals surface area contributed by atoms with Gasteiger partial charge in [-0.05, 0) is 104 Å². The van der Waals surface area contributed by atoms with E-state index in [0.717, 1.165) is 32.1 Å². The van der Waals surface area contributed by atoms with E-state index in [-0.39, 0.29) is 59.0 Å². The van der Waals surface area contributed by atoms with Crippen molar-refractivity contribution in [3.8, 4) is 0 Å². The van der Waals surface area contributed by atoms with Crippen LogP contribution in [0.4, 0.5) is 0 Å².